The van der Waals surface area contributed by atoms with E-state index in [4.69, 9.17) is 4.74 Å². The quantitative estimate of drug-likeness (QED) is 0.895. The molecule has 1 fully saturated rings. The van der Waals surface area contributed by atoms with Crippen LogP contribution in [0.15, 0.2) is 18.2 Å². The third-order valence-corrected chi connectivity index (χ3v) is 5.30. The van der Waals surface area contributed by atoms with Gasteiger partial charge in [-0.1, -0.05) is 26.0 Å². The first-order valence-corrected chi connectivity index (χ1v) is 8.15. The lowest BCUT2D eigenvalue weighted by atomic mass is 9.79. The first-order chi connectivity index (χ1) is 9.63. The zero-order valence-corrected chi connectivity index (χ0v) is 13.0. The van der Waals surface area contributed by atoms with Crippen LogP contribution in [0.2, 0.25) is 0 Å². The maximum atomic E-state index is 5.59. The van der Waals surface area contributed by atoms with E-state index >= 15 is 0 Å². The summed E-state index contributed by atoms with van der Waals surface area (Å²) in [5.41, 5.74) is 2.78. The molecule has 0 bridgehead atoms. The molecule has 0 saturated heterocycles. The van der Waals surface area contributed by atoms with Gasteiger partial charge in [0, 0.05) is 18.5 Å². The second-order valence-corrected chi connectivity index (χ2v) is 6.82. The molecular weight excluding hydrogens is 246 g/mol. The van der Waals surface area contributed by atoms with Crippen molar-refractivity contribution < 1.29 is 4.74 Å². The van der Waals surface area contributed by atoms with Gasteiger partial charge in [-0.05, 0) is 55.2 Å². The summed E-state index contributed by atoms with van der Waals surface area (Å²) in [7, 11) is 0. The SMILES string of the molecule is CC(NC1CCC(C)C(C)C1)c1ccc2c(c1)CCO2. The van der Waals surface area contributed by atoms with Crippen LogP contribution in [0.1, 0.15) is 57.2 Å². The molecule has 1 N–H and O–H groups in total. The normalized spacial score (nSPS) is 30.6. The molecule has 3 rings (SSSR count). The molecule has 1 heterocycles. The number of nitrogens with one attached hydrogen (secondary N) is 1. The fraction of sp³-hybridized carbons (Fsp3) is 0.667. The Kier molecular flexibility index (Phi) is 4.02. The molecule has 4 atom stereocenters. The first kappa shape index (κ1) is 13.9. The lowest BCUT2D eigenvalue weighted by molar-refractivity contribution is 0.217. The third-order valence-electron chi connectivity index (χ3n) is 5.30. The molecule has 4 unspecified atom stereocenters. The van der Waals surface area contributed by atoms with Crippen molar-refractivity contribution in [1.29, 1.82) is 0 Å². The predicted molar refractivity (Wildman–Crippen MR) is 83.2 cm³/mol. The van der Waals surface area contributed by atoms with Crippen molar-refractivity contribution in [3.05, 3.63) is 29.3 Å². The van der Waals surface area contributed by atoms with Crippen LogP contribution in [0.5, 0.6) is 5.75 Å². The van der Waals surface area contributed by atoms with E-state index in [9.17, 15) is 0 Å². The largest absolute Gasteiger partial charge is 0.493 e. The van der Waals surface area contributed by atoms with Gasteiger partial charge in [0.25, 0.3) is 0 Å². The highest BCUT2D eigenvalue weighted by Crippen LogP contribution is 2.32. The molecule has 1 saturated carbocycles. The monoisotopic (exact) mass is 273 g/mol. The molecule has 0 radical (unpaired) electrons. The van der Waals surface area contributed by atoms with Gasteiger partial charge in [-0.15, -0.1) is 0 Å². The zero-order chi connectivity index (χ0) is 14.1. The maximum Gasteiger partial charge on any atom is 0.122 e. The van der Waals surface area contributed by atoms with Gasteiger partial charge in [-0.2, -0.15) is 0 Å². The van der Waals surface area contributed by atoms with Gasteiger partial charge in [-0.3, -0.25) is 0 Å². The minimum Gasteiger partial charge on any atom is -0.493 e. The second-order valence-electron chi connectivity index (χ2n) is 6.82. The summed E-state index contributed by atoms with van der Waals surface area (Å²) >= 11 is 0. The van der Waals surface area contributed by atoms with Crippen molar-refractivity contribution in [3.8, 4) is 5.75 Å². The number of rotatable bonds is 3. The van der Waals surface area contributed by atoms with Crippen LogP contribution in [0.25, 0.3) is 0 Å². The minimum absolute atomic E-state index is 0.437. The fourth-order valence-electron chi connectivity index (χ4n) is 3.62. The van der Waals surface area contributed by atoms with Gasteiger partial charge >= 0.3 is 0 Å². The maximum absolute atomic E-state index is 5.59. The van der Waals surface area contributed by atoms with E-state index in [1.165, 1.54) is 30.4 Å². The highest BCUT2D eigenvalue weighted by atomic mass is 16.5. The van der Waals surface area contributed by atoms with E-state index in [0.717, 1.165) is 30.6 Å². The average Bonchev–Trinajstić information content (AvgIpc) is 2.90. The van der Waals surface area contributed by atoms with Crippen LogP contribution in [-0.2, 0) is 6.42 Å². The average molecular weight is 273 g/mol. The van der Waals surface area contributed by atoms with Crippen LogP contribution in [0, 0.1) is 11.8 Å². The molecule has 0 aromatic heterocycles. The lowest BCUT2D eigenvalue weighted by Crippen LogP contribution is -2.37. The smallest absolute Gasteiger partial charge is 0.122 e. The summed E-state index contributed by atoms with van der Waals surface area (Å²) in [4.78, 5) is 0. The molecule has 2 heteroatoms. The van der Waals surface area contributed by atoms with Gasteiger partial charge in [0.15, 0.2) is 0 Å². The van der Waals surface area contributed by atoms with Gasteiger partial charge in [0.05, 0.1) is 6.61 Å². The molecule has 1 aliphatic heterocycles. The Morgan fingerprint density at radius 2 is 2.05 bits per heavy atom. The van der Waals surface area contributed by atoms with Gasteiger partial charge in [0.1, 0.15) is 5.75 Å². The van der Waals surface area contributed by atoms with E-state index in [1.807, 2.05) is 0 Å². The Morgan fingerprint density at radius 3 is 2.85 bits per heavy atom. The fourth-order valence-corrected chi connectivity index (χ4v) is 3.62. The van der Waals surface area contributed by atoms with Gasteiger partial charge < -0.3 is 10.1 Å². The molecular formula is C18H27NO. The Bertz CT molecular complexity index is 470. The Balaban J connectivity index is 1.63. The molecule has 1 aliphatic carbocycles. The predicted octanol–water partition coefficient (Wildman–Crippen LogP) is 4.10. The topological polar surface area (TPSA) is 21.3 Å². The summed E-state index contributed by atoms with van der Waals surface area (Å²) in [5.74, 6) is 2.82. The molecule has 1 aromatic rings. The van der Waals surface area contributed by atoms with E-state index in [-0.39, 0.29) is 0 Å². The number of hydrogen-bond donors (Lipinski definition) is 1. The molecule has 2 nitrogen and oxygen atoms in total. The Morgan fingerprint density at radius 1 is 1.20 bits per heavy atom. The van der Waals surface area contributed by atoms with E-state index in [2.05, 4.69) is 44.3 Å². The Hall–Kier alpha value is -1.02. The number of hydrogen-bond acceptors (Lipinski definition) is 2. The minimum atomic E-state index is 0.437. The molecule has 1 aromatic carbocycles. The highest BCUT2D eigenvalue weighted by molar-refractivity contribution is 5.40. The van der Waals surface area contributed by atoms with Crippen LogP contribution in [-0.4, -0.2) is 12.6 Å². The number of ether oxygens (including phenoxy) is 1. The van der Waals surface area contributed by atoms with Crippen LogP contribution in [0.3, 0.4) is 0 Å². The number of fused-ring (bicyclic) bond motifs is 1. The van der Waals surface area contributed by atoms with Crippen molar-refractivity contribution in [3.63, 3.8) is 0 Å². The van der Waals surface area contributed by atoms with E-state index in [1.54, 1.807) is 0 Å². The summed E-state index contributed by atoms with van der Waals surface area (Å²) in [6.07, 6.45) is 5.07. The van der Waals surface area contributed by atoms with E-state index in [0.29, 0.717) is 12.1 Å². The summed E-state index contributed by atoms with van der Waals surface area (Å²) < 4.78 is 5.59. The standard InChI is InChI=1S/C18H27NO/c1-12-4-6-17(10-13(12)2)19-14(3)15-5-7-18-16(11-15)8-9-20-18/h5,7,11-14,17,19H,4,6,8-10H2,1-3H3. The van der Waals surface area contributed by atoms with Gasteiger partial charge in [0.2, 0.25) is 0 Å². The Labute approximate surface area is 122 Å². The van der Waals surface area contributed by atoms with Crippen LogP contribution >= 0.6 is 0 Å². The molecule has 0 amide bonds. The van der Waals surface area contributed by atoms with Crippen molar-refractivity contribution >= 4 is 0 Å². The summed E-state index contributed by atoms with van der Waals surface area (Å²) in [6.45, 7) is 7.93. The third kappa shape index (κ3) is 2.85. The van der Waals surface area contributed by atoms with Crippen molar-refractivity contribution in [2.75, 3.05) is 6.61 Å². The van der Waals surface area contributed by atoms with Crippen molar-refractivity contribution in [2.24, 2.45) is 11.8 Å². The van der Waals surface area contributed by atoms with E-state index < -0.39 is 0 Å². The highest BCUT2D eigenvalue weighted by Gasteiger charge is 2.25. The first-order valence-electron chi connectivity index (χ1n) is 8.15. The molecule has 20 heavy (non-hydrogen) atoms. The molecule has 110 valence electrons. The second kappa shape index (κ2) is 5.77. The van der Waals surface area contributed by atoms with Crippen molar-refractivity contribution in [2.45, 2.75) is 58.5 Å². The zero-order valence-electron chi connectivity index (χ0n) is 13.0. The van der Waals surface area contributed by atoms with Gasteiger partial charge in [-0.25, -0.2) is 0 Å². The summed E-state index contributed by atoms with van der Waals surface area (Å²) in [5, 5.41) is 3.84. The molecule has 0 spiro atoms. The lowest BCUT2D eigenvalue weighted by Gasteiger charge is -2.34. The summed E-state index contributed by atoms with van der Waals surface area (Å²) in [6, 6.07) is 7.81. The van der Waals surface area contributed by atoms with Crippen LogP contribution < -0.4 is 10.1 Å². The van der Waals surface area contributed by atoms with Crippen LogP contribution in [0.4, 0.5) is 0 Å². The van der Waals surface area contributed by atoms with Crippen molar-refractivity contribution in [1.82, 2.24) is 5.32 Å². The molecule has 2 aliphatic rings. The number of benzene rings is 1.